The average Bonchev–Trinajstić information content (AvgIpc) is 3.10. The first-order valence-corrected chi connectivity index (χ1v) is 10.9. The summed E-state index contributed by atoms with van der Waals surface area (Å²) in [5, 5.41) is 14.1. The van der Waals surface area contributed by atoms with Crippen LogP contribution in [0, 0.1) is 0 Å². The molecule has 156 valence electrons. The van der Waals surface area contributed by atoms with Crippen molar-refractivity contribution in [2.45, 2.75) is 30.3 Å². The predicted octanol–water partition coefficient (Wildman–Crippen LogP) is 4.49. The topological polar surface area (TPSA) is 48.5 Å². The van der Waals surface area contributed by atoms with Crippen molar-refractivity contribution < 1.29 is 9.84 Å². The second-order valence-corrected chi connectivity index (χ2v) is 9.12. The van der Waals surface area contributed by atoms with Crippen LogP contribution in [0.3, 0.4) is 0 Å². The fourth-order valence-corrected chi connectivity index (χ4v) is 5.89. The molecule has 2 aromatic carbocycles. The van der Waals surface area contributed by atoms with Crippen molar-refractivity contribution in [1.29, 1.82) is 0 Å². The van der Waals surface area contributed by atoms with Crippen LogP contribution >= 0.6 is 11.6 Å². The molecule has 1 aliphatic carbocycles. The normalized spacial score (nSPS) is 26.2. The van der Waals surface area contributed by atoms with Gasteiger partial charge >= 0.3 is 0 Å². The Kier molecular flexibility index (Phi) is 4.69. The van der Waals surface area contributed by atoms with E-state index in [9.17, 15) is 5.11 Å². The van der Waals surface area contributed by atoms with E-state index in [4.69, 9.17) is 16.3 Å². The molecule has 0 amide bonds. The lowest BCUT2D eigenvalue weighted by atomic mass is 9.56. The number of piperidine rings is 1. The van der Waals surface area contributed by atoms with Gasteiger partial charge in [-0.25, -0.2) is 0 Å². The molecular weight excluding hydrogens is 396 g/mol. The van der Waals surface area contributed by atoms with Gasteiger partial charge in [0.05, 0.1) is 23.3 Å². The number of likely N-dealkylation sites (tertiary alicyclic amines) is 1. The first-order chi connectivity index (χ1) is 14.5. The minimum absolute atomic E-state index is 0.389. The van der Waals surface area contributed by atoms with Gasteiger partial charge in [0, 0.05) is 42.4 Å². The molecule has 1 fully saturated rings. The number of methoxy groups -OCH3 is 1. The summed E-state index contributed by atoms with van der Waals surface area (Å²) >= 11 is 6.49. The monoisotopic (exact) mass is 422 g/mol. The van der Waals surface area contributed by atoms with Crippen LogP contribution in [-0.2, 0) is 18.3 Å². The highest BCUT2D eigenvalue weighted by atomic mass is 35.5. The van der Waals surface area contributed by atoms with Crippen molar-refractivity contribution in [3.05, 3.63) is 77.0 Å². The first kappa shape index (κ1) is 19.7. The number of H-pyrrole nitrogens is 1. The number of benzene rings is 2. The Balaban J connectivity index is 1.70. The fraction of sp³-hybridized carbons (Fsp3) is 0.360. The minimum atomic E-state index is -0.898. The molecule has 5 rings (SSSR count). The van der Waals surface area contributed by atoms with Crippen molar-refractivity contribution in [1.82, 2.24) is 9.88 Å². The molecule has 1 saturated heterocycles. The molecule has 0 radical (unpaired) electrons. The van der Waals surface area contributed by atoms with Gasteiger partial charge in [-0.05, 0) is 42.3 Å². The van der Waals surface area contributed by atoms with E-state index in [0.717, 1.165) is 53.2 Å². The van der Waals surface area contributed by atoms with Crippen LogP contribution in [0.25, 0.3) is 10.9 Å². The van der Waals surface area contributed by atoms with E-state index in [1.165, 1.54) is 11.3 Å². The Bertz CT molecular complexity index is 1120. The van der Waals surface area contributed by atoms with E-state index in [2.05, 4.69) is 34.7 Å². The van der Waals surface area contributed by atoms with Crippen LogP contribution in [-0.4, -0.2) is 47.3 Å². The van der Waals surface area contributed by atoms with E-state index in [1.807, 2.05) is 30.3 Å². The number of para-hydroxylation sites is 1. The molecule has 1 aromatic heterocycles. The summed E-state index contributed by atoms with van der Waals surface area (Å²) in [5.41, 5.74) is 3.19. The third kappa shape index (κ3) is 2.82. The molecule has 2 atom stereocenters. The van der Waals surface area contributed by atoms with Crippen LogP contribution in [0.15, 0.2) is 55.1 Å². The molecule has 2 heterocycles. The van der Waals surface area contributed by atoms with Crippen molar-refractivity contribution in [3.8, 4) is 5.75 Å². The standard InChI is InChI=1S/C25H27ClN2O2/c1-3-11-28-12-10-24(17-6-4-7-18(13-17)30-2)15-22-20(14-25(24,29)16-28)19-8-5-9-21(26)23(19)27-22/h3-9,13,27,29H,1,10-12,14-16H2,2H3. The number of halogens is 1. The Labute approximate surface area is 182 Å². The van der Waals surface area contributed by atoms with Gasteiger partial charge in [0.25, 0.3) is 0 Å². The summed E-state index contributed by atoms with van der Waals surface area (Å²) in [6, 6.07) is 14.2. The number of rotatable bonds is 4. The van der Waals surface area contributed by atoms with Crippen LogP contribution < -0.4 is 4.74 Å². The minimum Gasteiger partial charge on any atom is -0.497 e. The van der Waals surface area contributed by atoms with E-state index in [-0.39, 0.29) is 5.41 Å². The fourth-order valence-electron chi connectivity index (χ4n) is 5.67. The summed E-state index contributed by atoms with van der Waals surface area (Å²) < 4.78 is 5.52. The van der Waals surface area contributed by atoms with Crippen LogP contribution in [0.5, 0.6) is 5.75 Å². The average molecular weight is 423 g/mol. The van der Waals surface area contributed by atoms with Gasteiger partial charge < -0.3 is 14.8 Å². The lowest BCUT2D eigenvalue weighted by Crippen LogP contribution is -2.66. The second kappa shape index (κ2) is 7.16. The SMILES string of the molecule is C=CCN1CCC2(c3cccc(OC)c3)Cc3[nH]c4c(Cl)cccc4c3CC2(O)C1. The zero-order valence-corrected chi connectivity index (χ0v) is 18.0. The van der Waals surface area contributed by atoms with Gasteiger partial charge in [0.15, 0.2) is 0 Å². The molecule has 4 nitrogen and oxygen atoms in total. The molecule has 1 aliphatic heterocycles. The van der Waals surface area contributed by atoms with E-state index in [1.54, 1.807) is 7.11 Å². The smallest absolute Gasteiger partial charge is 0.119 e. The number of nitrogens with zero attached hydrogens (tertiary/aromatic N) is 1. The highest BCUT2D eigenvalue weighted by molar-refractivity contribution is 6.35. The predicted molar refractivity (Wildman–Crippen MR) is 122 cm³/mol. The number of nitrogens with one attached hydrogen (secondary N) is 1. The van der Waals surface area contributed by atoms with Crippen LogP contribution in [0.2, 0.25) is 5.02 Å². The van der Waals surface area contributed by atoms with Crippen molar-refractivity contribution >= 4 is 22.5 Å². The van der Waals surface area contributed by atoms with Gasteiger partial charge in [-0.15, -0.1) is 6.58 Å². The van der Waals surface area contributed by atoms with Crippen molar-refractivity contribution in [3.63, 3.8) is 0 Å². The van der Waals surface area contributed by atoms with Crippen LogP contribution in [0.1, 0.15) is 23.2 Å². The molecule has 0 bridgehead atoms. The zero-order valence-electron chi connectivity index (χ0n) is 17.2. The molecule has 2 aliphatic rings. The maximum absolute atomic E-state index is 12.3. The third-order valence-corrected chi connectivity index (χ3v) is 7.48. The number of β-amino-alcohol motifs (C(OH)–C–C–N with tert-alkyl or cyclic N) is 1. The highest BCUT2D eigenvalue weighted by Crippen LogP contribution is 2.52. The lowest BCUT2D eigenvalue weighted by Gasteiger charge is -2.56. The number of hydrogen-bond donors (Lipinski definition) is 2. The summed E-state index contributed by atoms with van der Waals surface area (Å²) in [5.74, 6) is 0.822. The van der Waals surface area contributed by atoms with Crippen molar-refractivity contribution in [2.75, 3.05) is 26.7 Å². The Morgan fingerprint density at radius 3 is 2.90 bits per heavy atom. The number of hydrogen-bond acceptors (Lipinski definition) is 3. The van der Waals surface area contributed by atoms with E-state index in [0.29, 0.717) is 13.0 Å². The second-order valence-electron chi connectivity index (χ2n) is 8.72. The molecule has 2 unspecified atom stereocenters. The maximum Gasteiger partial charge on any atom is 0.119 e. The zero-order chi connectivity index (χ0) is 20.9. The number of aromatic amines is 1. The quantitative estimate of drug-likeness (QED) is 0.609. The number of aliphatic hydroxyl groups is 1. The summed E-state index contributed by atoms with van der Waals surface area (Å²) in [7, 11) is 1.69. The van der Waals surface area contributed by atoms with Gasteiger partial charge in [-0.3, -0.25) is 4.90 Å². The van der Waals surface area contributed by atoms with Crippen LogP contribution in [0.4, 0.5) is 0 Å². The maximum atomic E-state index is 12.3. The summed E-state index contributed by atoms with van der Waals surface area (Å²) in [6.45, 7) is 6.21. The largest absolute Gasteiger partial charge is 0.497 e. The summed E-state index contributed by atoms with van der Waals surface area (Å²) in [4.78, 5) is 5.89. The van der Waals surface area contributed by atoms with E-state index < -0.39 is 5.60 Å². The first-order valence-electron chi connectivity index (χ1n) is 10.5. The third-order valence-electron chi connectivity index (χ3n) is 7.17. The highest BCUT2D eigenvalue weighted by Gasteiger charge is 2.57. The summed E-state index contributed by atoms with van der Waals surface area (Å²) in [6.07, 6.45) is 4.13. The number of aromatic nitrogens is 1. The molecule has 3 aromatic rings. The molecular formula is C25H27ClN2O2. The van der Waals surface area contributed by atoms with Gasteiger partial charge in [-0.2, -0.15) is 0 Å². The molecule has 30 heavy (non-hydrogen) atoms. The van der Waals surface area contributed by atoms with E-state index >= 15 is 0 Å². The number of ether oxygens (including phenoxy) is 1. The molecule has 5 heteroatoms. The Morgan fingerprint density at radius 1 is 1.27 bits per heavy atom. The van der Waals surface area contributed by atoms with Gasteiger partial charge in [0.1, 0.15) is 5.75 Å². The molecule has 2 N–H and O–H groups in total. The molecule has 0 saturated carbocycles. The van der Waals surface area contributed by atoms with Crippen molar-refractivity contribution in [2.24, 2.45) is 0 Å². The Hall–Kier alpha value is -2.27. The van der Waals surface area contributed by atoms with Gasteiger partial charge in [0.2, 0.25) is 0 Å². The lowest BCUT2D eigenvalue weighted by molar-refractivity contribution is -0.100. The molecule has 0 spiro atoms. The van der Waals surface area contributed by atoms with Gasteiger partial charge in [-0.1, -0.05) is 41.9 Å². The Morgan fingerprint density at radius 2 is 2.10 bits per heavy atom. The number of fused-ring (bicyclic) bond motifs is 4.